The molecule has 0 unspecified atom stereocenters. The van der Waals surface area contributed by atoms with Gasteiger partial charge in [-0.1, -0.05) is 0 Å². The number of aromatic nitrogens is 4. The zero-order valence-corrected chi connectivity index (χ0v) is 11.5. The van der Waals surface area contributed by atoms with Gasteiger partial charge >= 0.3 is 0 Å². The van der Waals surface area contributed by atoms with Crippen molar-refractivity contribution in [2.75, 3.05) is 5.73 Å². The van der Waals surface area contributed by atoms with E-state index >= 15 is 0 Å². The Balaban J connectivity index is 1.87. The number of hydrogen-bond donors (Lipinski definition) is 1. The van der Waals surface area contributed by atoms with E-state index in [1.807, 2.05) is 30.1 Å². The maximum Gasteiger partial charge on any atom is 0.113 e. The maximum atomic E-state index is 5.87. The molecule has 0 bridgehead atoms. The third kappa shape index (κ3) is 1.78. The summed E-state index contributed by atoms with van der Waals surface area (Å²) >= 11 is 0. The van der Waals surface area contributed by atoms with Crippen LogP contribution in [-0.2, 0) is 13.6 Å². The molecule has 0 atom stereocenters. The normalized spacial score (nSPS) is 15.1. The first kappa shape index (κ1) is 11.5. The molecule has 1 aliphatic carbocycles. The molecule has 0 radical (unpaired) electrons. The van der Waals surface area contributed by atoms with E-state index in [4.69, 9.17) is 10.7 Å². The number of nitrogens with zero attached hydrogens (tertiary/aromatic N) is 4. The van der Waals surface area contributed by atoms with Gasteiger partial charge in [0.1, 0.15) is 5.82 Å². The monoisotopic (exact) mass is 267 g/mol. The second-order valence-electron chi connectivity index (χ2n) is 5.52. The third-order valence-electron chi connectivity index (χ3n) is 3.99. The molecular formula is C15H17N5. The molecule has 0 amide bonds. The Kier molecular flexibility index (Phi) is 2.36. The van der Waals surface area contributed by atoms with Gasteiger partial charge in [-0.2, -0.15) is 5.10 Å². The van der Waals surface area contributed by atoms with Crippen LogP contribution < -0.4 is 5.73 Å². The van der Waals surface area contributed by atoms with E-state index in [-0.39, 0.29) is 0 Å². The highest BCUT2D eigenvalue weighted by molar-refractivity contribution is 5.80. The Morgan fingerprint density at radius 2 is 2.15 bits per heavy atom. The molecule has 1 saturated carbocycles. The lowest BCUT2D eigenvalue weighted by molar-refractivity contribution is 0.655. The Hall–Kier alpha value is -2.30. The van der Waals surface area contributed by atoms with Crippen molar-refractivity contribution < 1.29 is 0 Å². The minimum Gasteiger partial charge on any atom is -0.399 e. The van der Waals surface area contributed by atoms with Crippen molar-refractivity contribution in [2.45, 2.75) is 25.3 Å². The van der Waals surface area contributed by atoms with E-state index in [1.54, 1.807) is 0 Å². The van der Waals surface area contributed by atoms with Crippen LogP contribution >= 0.6 is 0 Å². The summed E-state index contributed by atoms with van der Waals surface area (Å²) < 4.78 is 4.23. The fourth-order valence-electron chi connectivity index (χ4n) is 2.70. The van der Waals surface area contributed by atoms with Crippen LogP contribution in [0.25, 0.3) is 11.0 Å². The maximum absolute atomic E-state index is 5.87. The van der Waals surface area contributed by atoms with Crippen molar-refractivity contribution in [3.05, 3.63) is 42.0 Å². The summed E-state index contributed by atoms with van der Waals surface area (Å²) in [5.41, 5.74) is 9.97. The number of aryl methyl sites for hydroxylation is 1. The summed E-state index contributed by atoms with van der Waals surface area (Å²) in [7, 11) is 1.98. The van der Waals surface area contributed by atoms with E-state index in [0.29, 0.717) is 5.92 Å². The van der Waals surface area contributed by atoms with Crippen molar-refractivity contribution in [3.8, 4) is 0 Å². The largest absolute Gasteiger partial charge is 0.399 e. The van der Waals surface area contributed by atoms with Gasteiger partial charge in [0, 0.05) is 24.8 Å². The number of fused-ring (bicyclic) bond motifs is 1. The third-order valence-corrected chi connectivity index (χ3v) is 3.99. The minimum atomic E-state index is 0.608. The number of nitrogen functional groups attached to an aromatic ring is 1. The van der Waals surface area contributed by atoms with Gasteiger partial charge in [0.15, 0.2) is 0 Å². The predicted molar refractivity (Wildman–Crippen MR) is 78.4 cm³/mol. The number of hydrogen-bond acceptors (Lipinski definition) is 3. The molecule has 5 heteroatoms. The zero-order valence-electron chi connectivity index (χ0n) is 11.5. The Morgan fingerprint density at radius 1 is 1.30 bits per heavy atom. The van der Waals surface area contributed by atoms with Gasteiger partial charge in [-0.05, 0) is 37.1 Å². The van der Waals surface area contributed by atoms with E-state index in [2.05, 4.69) is 21.8 Å². The first-order valence-corrected chi connectivity index (χ1v) is 6.95. The number of rotatable bonds is 3. The van der Waals surface area contributed by atoms with Crippen molar-refractivity contribution in [1.82, 2.24) is 19.3 Å². The van der Waals surface area contributed by atoms with Crippen LogP contribution in [0.4, 0.5) is 5.69 Å². The first-order valence-electron chi connectivity index (χ1n) is 6.95. The highest BCUT2D eigenvalue weighted by Gasteiger charge is 2.29. The first-order chi connectivity index (χ1) is 9.72. The summed E-state index contributed by atoms with van der Waals surface area (Å²) in [6, 6.07) is 8.03. The lowest BCUT2D eigenvalue weighted by Gasteiger charge is -2.09. The highest BCUT2D eigenvalue weighted by atomic mass is 15.3. The smallest absolute Gasteiger partial charge is 0.113 e. The molecular weight excluding hydrogens is 250 g/mol. The fourth-order valence-corrected chi connectivity index (χ4v) is 2.70. The lowest BCUT2D eigenvalue weighted by atomic mass is 10.2. The molecule has 1 fully saturated rings. The Morgan fingerprint density at radius 3 is 2.85 bits per heavy atom. The van der Waals surface area contributed by atoms with Crippen LogP contribution in [0.3, 0.4) is 0 Å². The fraction of sp³-hybridized carbons (Fsp3) is 0.333. The predicted octanol–water partition coefficient (Wildman–Crippen LogP) is 2.28. The Labute approximate surface area is 117 Å². The molecule has 0 aliphatic heterocycles. The van der Waals surface area contributed by atoms with E-state index in [9.17, 15) is 0 Å². The van der Waals surface area contributed by atoms with Crippen LogP contribution in [0.2, 0.25) is 0 Å². The summed E-state index contributed by atoms with van der Waals surface area (Å²) in [6.45, 7) is 0.808. The standard InChI is InChI=1S/C15H17N5/c1-19-12(6-7-17-19)9-20-14-5-4-11(16)8-13(14)18-15(20)10-2-3-10/h4-8,10H,2-3,9,16H2,1H3. The molecule has 3 aromatic rings. The van der Waals surface area contributed by atoms with Crippen LogP contribution in [0, 0.1) is 0 Å². The number of nitrogens with two attached hydrogens (primary N) is 1. The number of imidazole rings is 1. The molecule has 20 heavy (non-hydrogen) atoms. The van der Waals surface area contributed by atoms with Crippen molar-refractivity contribution in [2.24, 2.45) is 7.05 Å². The van der Waals surface area contributed by atoms with Gasteiger partial charge in [-0.25, -0.2) is 4.98 Å². The molecule has 102 valence electrons. The molecule has 2 N–H and O–H groups in total. The average molecular weight is 267 g/mol. The second-order valence-corrected chi connectivity index (χ2v) is 5.52. The summed E-state index contributed by atoms with van der Waals surface area (Å²) in [5.74, 6) is 1.80. The molecule has 1 aromatic carbocycles. The van der Waals surface area contributed by atoms with Gasteiger partial charge in [-0.15, -0.1) is 0 Å². The SMILES string of the molecule is Cn1nccc1Cn1c(C2CC2)nc2cc(N)ccc21. The van der Waals surface area contributed by atoms with Gasteiger partial charge in [0.2, 0.25) is 0 Å². The van der Waals surface area contributed by atoms with Gasteiger partial charge in [0.05, 0.1) is 23.3 Å². The van der Waals surface area contributed by atoms with Crippen molar-refractivity contribution in [3.63, 3.8) is 0 Å². The molecule has 2 heterocycles. The molecule has 4 rings (SSSR count). The van der Waals surface area contributed by atoms with Gasteiger partial charge in [-0.3, -0.25) is 4.68 Å². The average Bonchev–Trinajstić information content (AvgIpc) is 3.11. The van der Waals surface area contributed by atoms with Gasteiger partial charge in [0.25, 0.3) is 0 Å². The summed E-state index contributed by atoms with van der Waals surface area (Å²) in [5, 5.41) is 4.24. The van der Waals surface area contributed by atoms with Crippen LogP contribution in [0.5, 0.6) is 0 Å². The molecule has 2 aromatic heterocycles. The lowest BCUT2D eigenvalue weighted by Crippen LogP contribution is -2.08. The quantitative estimate of drug-likeness (QED) is 0.740. The zero-order chi connectivity index (χ0) is 13.7. The topological polar surface area (TPSA) is 61.7 Å². The molecule has 0 spiro atoms. The van der Waals surface area contributed by atoms with Crippen LogP contribution in [0.1, 0.15) is 30.3 Å². The van der Waals surface area contributed by atoms with Crippen molar-refractivity contribution in [1.29, 1.82) is 0 Å². The van der Waals surface area contributed by atoms with Crippen LogP contribution in [-0.4, -0.2) is 19.3 Å². The van der Waals surface area contributed by atoms with Gasteiger partial charge < -0.3 is 10.3 Å². The highest BCUT2D eigenvalue weighted by Crippen LogP contribution is 2.41. The summed E-state index contributed by atoms with van der Waals surface area (Å²) in [6.07, 6.45) is 4.32. The Bertz CT molecular complexity index is 779. The molecule has 0 saturated heterocycles. The van der Waals surface area contributed by atoms with Crippen molar-refractivity contribution >= 4 is 16.7 Å². The van der Waals surface area contributed by atoms with E-state index in [0.717, 1.165) is 23.3 Å². The number of anilines is 1. The second kappa shape index (κ2) is 4.10. The van der Waals surface area contributed by atoms with Crippen LogP contribution in [0.15, 0.2) is 30.5 Å². The summed E-state index contributed by atoms with van der Waals surface area (Å²) in [4.78, 5) is 4.80. The van der Waals surface area contributed by atoms with E-state index < -0.39 is 0 Å². The van der Waals surface area contributed by atoms with E-state index in [1.165, 1.54) is 24.4 Å². The minimum absolute atomic E-state index is 0.608. The molecule has 1 aliphatic rings. The molecule has 5 nitrogen and oxygen atoms in total. The number of benzene rings is 1.